The third-order valence-corrected chi connectivity index (χ3v) is 8.23. The predicted octanol–water partition coefficient (Wildman–Crippen LogP) is 3.49. The standard InChI is InChI=1S/C27H28N2O5/c1-17(24(32)34-20-12-8-5-9-13-20)22(30)23(31)29-21-16-18-14-15-27(21,26(18,2)3)25(33)28(29)19-10-6-4-7-11-19/h4-13,18,21-22,30H,1,14-16H2,2-3H3/t18-,21-,22+,27+/m1/s1. The number of para-hydroxylation sites is 2. The highest BCUT2D eigenvalue weighted by atomic mass is 16.5. The highest BCUT2D eigenvalue weighted by molar-refractivity contribution is 6.07. The maximum Gasteiger partial charge on any atom is 0.342 e. The molecular formula is C27H28N2O5. The van der Waals surface area contributed by atoms with Crippen molar-refractivity contribution in [3.63, 3.8) is 0 Å². The van der Waals surface area contributed by atoms with E-state index in [1.807, 2.05) is 6.07 Å². The molecular weight excluding hydrogens is 432 g/mol. The zero-order valence-corrected chi connectivity index (χ0v) is 19.3. The lowest BCUT2D eigenvalue weighted by Crippen LogP contribution is -2.52. The molecule has 1 aliphatic heterocycles. The van der Waals surface area contributed by atoms with E-state index >= 15 is 0 Å². The fourth-order valence-electron chi connectivity index (χ4n) is 6.30. The van der Waals surface area contributed by atoms with Gasteiger partial charge in [0.05, 0.1) is 22.7 Å². The average molecular weight is 461 g/mol. The van der Waals surface area contributed by atoms with Gasteiger partial charge in [-0.25, -0.2) is 14.8 Å². The highest BCUT2D eigenvalue weighted by Gasteiger charge is 2.75. The summed E-state index contributed by atoms with van der Waals surface area (Å²) >= 11 is 0. The molecule has 2 aromatic carbocycles. The Labute approximate surface area is 198 Å². The van der Waals surface area contributed by atoms with E-state index < -0.39 is 29.4 Å². The number of aliphatic hydroxyl groups excluding tert-OH is 1. The Hall–Kier alpha value is -3.45. The lowest BCUT2D eigenvalue weighted by molar-refractivity contribution is -0.144. The number of carbonyl (C=O) groups is 3. The number of hydrogen-bond acceptors (Lipinski definition) is 5. The molecule has 3 fully saturated rings. The quantitative estimate of drug-likeness (QED) is 0.419. The van der Waals surface area contributed by atoms with Gasteiger partial charge < -0.3 is 9.84 Å². The average Bonchev–Trinajstić information content (AvgIpc) is 3.36. The van der Waals surface area contributed by atoms with Crippen molar-refractivity contribution in [2.24, 2.45) is 16.7 Å². The number of rotatable bonds is 5. The lowest BCUT2D eigenvalue weighted by atomic mass is 9.67. The van der Waals surface area contributed by atoms with E-state index in [0.29, 0.717) is 24.4 Å². The van der Waals surface area contributed by atoms with E-state index in [0.717, 1.165) is 6.42 Å². The second kappa shape index (κ2) is 7.81. The van der Waals surface area contributed by atoms with Crippen molar-refractivity contribution in [2.45, 2.75) is 45.3 Å². The van der Waals surface area contributed by atoms with E-state index in [1.165, 1.54) is 10.0 Å². The molecule has 176 valence electrons. The van der Waals surface area contributed by atoms with Gasteiger partial charge in [-0.05, 0) is 54.9 Å². The first-order valence-electron chi connectivity index (χ1n) is 11.6. The first kappa shape index (κ1) is 22.3. The van der Waals surface area contributed by atoms with Gasteiger partial charge in [0, 0.05) is 0 Å². The van der Waals surface area contributed by atoms with Crippen molar-refractivity contribution in [3.05, 3.63) is 72.8 Å². The summed E-state index contributed by atoms with van der Waals surface area (Å²) < 4.78 is 5.26. The molecule has 0 radical (unpaired) electrons. The Morgan fingerprint density at radius 1 is 1.09 bits per heavy atom. The van der Waals surface area contributed by atoms with Crippen LogP contribution in [0.2, 0.25) is 0 Å². The monoisotopic (exact) mass is 460 g/mol. The van der Waals surface area contributed by atoms with Crippen LogP contribution < -0.4 is 9.75 Å². The maximum atomic E-state index is 14.0. The van der Waals surface area contributed by atoms with Crippen LogP contribution in [0, 0.1) is 16.7 Å². The van der Waals surface area contributed by atoms with E-state index in [1.54, 1.807) is 54.6 Å². The highest BCUT2D eigenvalue weighted by Crippen LogP contribution is 2.70. The normalized spacial score (nSPS) is 27.4. The van der Waals surface area contributed by atoms with Crippen molar-refractivity contribution >= 4 is 23.5 Å². The topological polar surface area (TPSA) is 87.1 Å². The van der Waals surface area contributed by atoms with Gasteiger partial charge in [0.2, 0.25) is 0 Å². The van der Waals surface area contributed by atoms with Crippen molar-refractivity contribution in [1.82, 2.24) is 5.01 Å². The van der Waals surface area contributed by atoms with Gasteiger partial charge in [0.1, 0.15) is 5.75 Å². The van der Waals surface area contributed by atoms with Gasteiger partial charge in [-0.3, -0.25) is 9.59 Å². The second-order valence-electron chi connectivity index (χ2n) is 9.95. The maximum absolute atomic E-state index is 14.0. The molecule has 4 atom stereocenters. The van der Waals surface area contributed by atoms with Crippen LogP contribution >= 0.6 is 0 Å². The summed E-state index contributed by atoms with van der Waals surface area (Å²) in [5.41, 5.74) is -0.842. The first-order valence-corrected chi connectivity index (χ1v) is 11.6. The molecule has 5 rings (SSSR count). The molecule has 1 saturated heterocycles. The van der Waals surface area contributed by atoms with Crippen LogP contribution in [-0.4, -0.2) is 40.0 Å². The summed E-state index contributed by atoms with van der Waals surface area (Å²) in [7, 11) is 0. The van der Waals surface area contributed by atoms with Gasteiger partial charge in [-0.2, -0.15) is 0 Å². The number of anilines is 1. The number of nitrogens with zero attached hydrogens (tertiary/aromatic N) is 2. The fraction of sp³-hybridized carbons (Fsp3) is 0.370. The van der Waals surface area contributed by atoms with E-state index in [2.05, 4.69) is 20.4 Å². The van der Waals surface area contributed by atoms with Crippen LogP contribution in [0.3, 0.4) is 0 Å². The van der Waals surface area contributed by atoms with Gasteiger partial charge in [0.15, 0.2) is 6.10 Å². The summed E-state index contributed by atoms with van der Waals surface area (Å²) in [4.78, 5) is 40.3. The number of carbonyl (C=O) groups excluding carboxylic acids is 3. The van der Waals surface area contributed by atoms with Crippen molar-refractivity contribution in [1.29, 1.82) is 0 Å². The predicted molar refractivity (Wildman–Crippen MR) is 125 cm³/mol. The summed E-state index contributed by atoms with van der Waals surface area (Å²) in [6.45, 7) is 7.85. The van der Waals surface area contributed by atoms with Crippen LogP contribution in [0.25, 0.3) is 0 Å². The molecule has 2 bridgehead atoms. The third kappa shape index (κ3) is 2.96. The molecule has 3 aliphatic rings. The number of benzene rings is 2. The van der Waals surface area contributed by atoms with E-state index in [4.69, 9.17) is 4.74 Å². The van der Waals surface area contributed by atoms with Crippen molar-refractivity contribution < 1.29 is 24.2 Å². The minimum atomic E-state index is -1.84. The molecule has 1 heterocycles. The van der Waals surface area contributed by atoms with Crippen LogP contribution in [0.4, 0.5) is 5.69 Å². The first-order chi connectivity index (χ1) is 16.2. The van der Waals surface area contributed by atoms with E-state index in [9.17, 15) is 19.5 Å². The summed E-state index contributed by atoms with van der Waals surface area (Å²) in [6, 6.07) is 16.9. The molecule has 2 aromatic rings. The number of fused-ring (bicyclic) bond motifs is 1. The third-order valence-electron chi connectivity index (χ3n) is 8.23. The Morgan fingerprint density at radius 2 is 1.71 bits per heavy atom. The molecule has 7 heteroatoms. The van der Waals surface area contributed by atoms with Gasteiger partial charge in [-0.15, -0.1) is 0 Å². The van der Waals surface area contributed by atoms with Crippen molar-refractivity contribution in [2.75, 3.05) is 5.01 Å². The van der Waals surface area contributed by atoms with Gasteiger partial charge >= 0.3 is 5.97 Å². The Kier molecular flexibility index (Phi) is 5.13. The number of hydrazine groups is 1. The minimum Gasteiger partial charge on any atom is -0.423 e. The Balaban J connectivity index is 1.48. The van der Waals surface area contributed by atoms with Crippen molar-refractivity contribution in [3.8, 4) is 5.75 Å². The van der Waals surface area contributed by atoms with Gasteiger partial charge in [0.25, 0.3) is 11.8 Å². The molecule has 7 nitrogen and oxygen atoms in total. The molecule has 0 unspecified atom stereocenters. The molecule has 0 aromatic heterocycles. The molecule has 2 saturated carbocycles. The lowest BCUT2D eigenvalue weighted by Gasteiger charge is -2.35. The van der Waals surface area contributed by atoms with Gasteiger partial charge in [-0.1, -0.05) is 56.8 Å². The summed E-state index contributed by atoms with van der Waals surface area (Å²) in [6.07, 6.45) is 0.446. The second-order valence-corrected chi connectivity index (χ2v) is 9.95. The molecule has 1 spiro atoms. The van der Waals surface area contributed by atoms with Crippen LogP contribution in [0.5, 0.6) is 5.75 Å². The number of esters is 1. The number of hydrogen-bond donors (Lipinski definition) is 1. The van der Waals surface area contributed by atoms with Crippen LogP contribution in [0.15, 0.2) is 72.8 Å². The minimum absolute atomic E-state index is 0.133. The molecule has 2 aliphatic carbocycles. The SMILES string of the molecule is C=C(C(=O)Oc1ccccc1)[C@H](O)C(=O)N1[C@@H]2C[C@H]3CC[C@]2(C(=O)N1c1ccccc1)C3(C)C. The summed E-state index contributed by atoms with van der Waals surface area (Å²) in [5, 5.41) is 13.7. The molecule has 34 heavy (non-hydrogen) atoms. The largest absolute Gasteiger partial charge is 0.423 e. The Bertz CT molecular complexity index is 1160. The number of ether oxygens (including phenoxy) is 1. The van der Waals surface area contributed by atoms with Crippen LogP contribution in [-0.2, 0) is 14.4 Å². The number of amides is 2. The Morgan fingerprint density at radius 3 is 2.32 bits per heavy atom. The zero-order valence-electron chi connectivity index (χ0n) is 19.3. The zero-order chi connectivity index (χ0) is 24.3. The smallest absolute Gasteiger partial charge is 0.342 e. The number of aliphatic hydroxyl groups is 1. The van der Waals surface area contributed by atoms with Crippen LogP contribution in [0.1, 0.15) is 33.1 Å². The van der Waals surface area contributed by atoms with E-state index in [-0.39, 0.29) is 22.6 Å². The summed E-state index contributed by atoms with van der Waals surface area (Å²) in [5.74, 6) is -1.20. The molecule has 2 amide bonds. The fourth-order valence-corrected chi connectivity index (χ4v) is 6.30. The molecule has 1 N–H and O–H groups in total.